The van der Waals surface area contributed by atoms with Gasteiger partial charge in [0.1, 0.15) is 11.9 Å². The van der Waals surface area contributed by atoms with E-state index in [0.717, 1.165) is 67.8 Å². The highest BCUT2D eigenvalue weighted by molar-refractivity contribution is 7.99. The first kappa shape index (κ1) is 21.5. The van der Waals surface area contributed by atoms with Crippen molar-refractivity contribution in [3.8, 4) is 0 Å². The van der Waals surface area contributed by atoms with Gasteiger partial charge in [-0.1, -0.05) is 6.92 Å². The molecule has 5 rings (SSSR count). The Balaban J connectivity index is 1.26. The summed E-state index contributed by atoms with van der Waals surface area (Å²) < 4.78 is 12.9. The molecule has 3 aliphatic heterocycles. The Hall–Kier alpha value is -2.33. The number of aryl methyl sites for hydroxylation is 3. The van der Waals surface area contributed by atoms with Crippen molar-refractivity contribution in [2.24, 2.45) is 7.05 Å². The monoisotopic (exact) mass is 458 g/mol. The number of rotatable bonds is 6. The number of hydrogen-bond acceptors (Lipinski definition) is 9. The van der Waals surface area contributed by atoms with Gasteiger partial charge in [-0.25, -0.2) is 9.78 Å². The van der Waals surface area contributed by atoms with Gasteiger partial charge in [-0.15, -0.1) is 11.8 Å². The number of anilines is 2. The molecule has 5 heterocycles. The van der Waals surface area contributed by atoms with E-state index in [9.17, 15) is 4.79 Å². The average molecular weight is 459 g/mol. The molecule has 32 heavy (non-hydrogen) atoms. The van der Waals surface area contributed by atoms with Crippen molar-refractivity contribution in [1.82, 2.24) is 19.7 Å². The quantitative estimate of drug-likeness (QED) is 0.604. The topological polar surface area (TPSA) is 85.6 Å². The summed E-state index contributed by atoms with van der Waals surface area (Å²) in [6.45, 7) is 4.85. The number of fused-ring (bicyclic) bond motifs is 1. The molecule has 0 aliphatic carbocycles. The van der Waals surface area contributed by atoms with Crippen LogP contribution in [0.3, 0.4) is 0 Å². The Morgan fingerprint density at radius 2 is 2.09 bits per heavy atom. The summed E-state index contributed by atoms with van der Waals surface area (Å²) in [6.07, 6.45) is 3.66. The maximum atomic E-state index is 12.5. The average Bonchev–Trinajstić information content (AvgIpc) is 3.41. The molecule has 2 aromatic rings. The Morgan fingerprint density at radius 1 is 1.31 bits per heavy atom. The van der Waals surface area contributed by atoms with Gasteiger partial charge < -0.3 is 19.3 Å². The zero-order valence-electron chi connectivity index (χ0n) is 18.9. The number of ether oxygens (including phenoxy) is 2. The minimum atomic E-state index is -0.365. The Morgan fingerprint density at radius 3 is 2.81 bits per heavy atom. The highest BCUT2D eigenvalue weighted by Gasteiger charge is 2.35. The van der Waals surface area contributed by atoms with Crippen LogP contribution in [0.25, 0.3) is 0 Å². The first-order valence-electron chi connectivity index (χ1n) is 11.4. The molecule has 0 unspecified atom stereocenters. The van der Waals surface area contributed by atoms with Crippen LogP contribution < -0.4 is 9.80 Å². The van der Waals surface area contributed by atoms with E-state index in [4.69, 9.17) is 19.4 Å². The lowest BCUT2D eigenvalue weighted by Gasteiger charge is -2.39. The van der Waals surface area contributed by atoms with E-state index in [1.165, 1.54) is 4.90 Å². The number of nitrogens with zero attached hydrogens (tertiary/aromatic N) is 6. The fourth-order valence-corrected chi connectivity index (χ4v) is 5.62. The van der Waals surface area contributed by atoms with Gasteiger partial charge in [0.05, 0.1) is 23.7 Å². The summed E-state index contributed by atoms with van der Waals surface area (Å²) in [5.41, 5.74) is 2.52. The minimum absolute atomic E-state index is 0.169. The van der Waals surface area contributed by atoms with Gasteiger partial charge in [0.15, 0.2) is 5.69 Å². The molecule has 10 heteroatoms. The second-order valence-corrected chi connectivity index (χ2v) is 9.71. The summed E-state index contributed by atoms with van der Waals surface area (Å²) >= 11 is 1.85. The molecule has 2 fully saturated rings. The van der Waals surface area contributed by atoms with Crippen LogP contribution >= 0.6 is 11.8 Å². The van der Waals surface area contributed by atoms with Gasteiger partial charge in [-0.3, -0.25) is 4.68 Å². The second kappa shape index (κ2) is 8.90. The fourth-order valence-electron chi connectivity index (χ4n) is 4.49. The zero-order chi connectivity index (χ0) is 22.2. The van der Waals surface area contributed by atoms with Crippen LogP contribution in [-0.2, 0) is 29.4 Å². The number of carbonyl (C=O) groups excluding carboxylic acids is 1. The molecular formula is C22H30N6O3S. The highest BCUT2D eigenvalue weighted by atomic mass is 32.2. The number of aromatic nitrogens is 4. The predicted molar refractivity (Wildman–Crippen MR) is 123 cm³/mol. The summed E-state index contributed by atoms with van der Waals surface area (Å²) in [7, 11) is 3.98. The van der Waals surface area contributed by atoms with Crippen LogP contribution in [0.5, 0.6) is 0 Å². The fraction of sp³-hybridized carbons (Fsp3) is 0.636. The van der Waals surface area contributed by atoms with Gasteiger partial charge in [0, 0.05) is 51.2 Å². The highest BCUT2D eigenvalue weighted by Crippen LogP contribution is 2.39. The van der Waals surface area contributed by atoms with Crippen LogP contribution in [0.15, 0.2) is 11.0 Å². The number of carbonyl (C=O) groups is 1. The standard InChI is InChI=1S/C22H30N6O3S/c1-4-14-11-18(25-27(14)3)21(29)31-16-12-28(13-16)22-23-17-7-10-32-19(17)20(24-22)26(2)15-5-8-30-9-6-15/h11,15-16H,4-10,12-13H2,1-3H3. The SMILES string of the molecule is CCc1cc(C(=O)OC2CN(c3nc4c(c(N(C)C5CCOCC5)n3)SCC4)C2)nn1C. The van der Waals surface area contributed by atoms with E-state index in [1.807, 2.05) is 25.7 Å². The van der Waals surface area contributed by atoms with Crippen LogP contribution in [-0.4, -0.2) is 77.0 Å². The van der Waals surface area contributed by atoms with Gasteiger partial charge >= 0.3 is 5.97 Å². The molecule has 2 saturated heterocycles. The van der Waals surface area contributed by atoms with Crippen LogP contribution in [0.4, 0.5) is 11.8 Å². The first-order chi connectivity index (χ1) is 15.5. The molecule has 9 nitrogen and oxygen atoms in total. The Labute approximate surface area is 192 Å². The van der Waals surface area contributed by atoms with E-state index in [1.54, 1.807) is 10.7 Å². The molecule has 0 N–H and O–H groups in total. The van der Waals surface area contributed by atoms with Crippen molar-refractivity contribution in [2.45, 2.75) is 49.6 Å². The van der Waals surface area contributed by atoms with E-state index < -0.39 is 0 Å². The Kier molecular flexibility index (Phi) is 5.98. The Bertz CT molecular complexity index is 1000. The summed E-state index contributed by atoms with van der Waals surface area (Å²) in [5.74, 6) is 2.45. The molecule has 0 aromatic carbocycles. The summed E-state index contributed by atoms with van der Waals surface area (Å²) in [4.78, 5) is 27.9. The maximum absolute atomic E-state index is 12.5. The van der Waals surface area contributed by atoms with E-state index in [2.05, 4.69) is 21.9 Å². The van der Waals surface area contributed by atoms with Crippen molar-refractivity contribution in [1.29, 1.82) is 0 Å². The molecule has 0 saturated carbocycles. The van der Waals surface area contributed by atoms with Gasteiger partial charge in [0.2, 0.25) is 5.95 Å². The molecule has 0 radical (unpaired) electrons. The number of esters is 1. The number of hydrogen-bond donors (Lipinski definition) is 0. The molecule has 0 amide bonds. The maximum Gasteiger partial charge on any atom is 0.359 e. The predicted octanol–water partition coefficient (Wildman–Crippen LogP) is 2.08. The summed E-state index contributed by atoms with van der Waals surface area (Å²) in [5, 5.41) is 4.27. The molecule has 0 bridgehead atoms. The molecule has 0 spiro atoms. The first-order valence-corrected chi connectivity index (χ1v) is 12.3. The van der Waals surface area contributed by atoms with E-state index >= 15 is 0 Å². The second-order valence-electron chi connectivity index (χ2n) is 8.61. The third-order valence-corrected chi connectivity index (χ3v) is 7.63. The van der Waals surface area contributed by atoms with Gasteiger partial charge in [-0.05, 0) is 25.3 Å². The molecular weight excluding hydrogens is 428 g/mol. The lowest BCUT2D eigenvalue weighted by atomic mass is 10.1. The van der Waals surface area contributed by atoms with Crippen LogP contribution in [0.2, 0.25) is 0 Å². The minimum Gasteiger partial charge on any atom is -0.454 e. The summed E-state index contributed by atoms with van der Waals surface area (Å²) in [6, 6.07) is 2.24. The van der Waals surface area contributed by atoms with Crippen molar-refractivity contribution >= 4 is 29.5 Å². The lowest BCUT2D eigenvalue weighted by molar-refractivity contribution is 0.0223. The van der Waals surface area contributed by atoms with Gasteiger partial charge in [0.25, 0.3) is 0 Å². The third kappa shape index (κ3) is 4.05. The molecule has 2 aromatic heterocycles. The van der Waals surface area contributed by atoms with Crippen molar-refractivity contribution in [2.75, 3.05) is 48.9 Å². The van der Waals surface area contributed by atoms with Crippen molar-refractivity contribution in [3.05, 3.63) is 23.1 Å². The lowest BCUT2D eigenvalue weighted by Crippen LogP contribution is -2.54. The van der Waals surface area contributed by atoms with Crippen molar-refractivity contribution < 1.29 is 14.3 Å². The third-order valence-electron chi connectivity index (χ3n) is 6.52. The van der Waals surface area contributed by atoms with Crippen LogP contribution in [0.1, 0.15) is 41.6 Å². The molecule has 0 atom stereocenters. The molecule has 172 valence electrons. The van der Waals surface area contributed by atoms with Crippen LogP contribution in [0, 0.1) is 0 Å². The largest absolute Gasteiger partial charge is 0.454 e. The number of thioether (sulfide) groups is 1. The van der Waals surface area contributed by atoms with E-state index in [0.29, 0.717) is 24.8 Å². The van der Waals surface area contributed by atoms with E-state index in [-0.39, 0.29) is 12.1 Å². The van der Waals surface area contributed by atoms with Crippen molar-refractivity contribution in [3.63, 3.8) is 0 Å². The smallest absolute Gasteiger partial charge is 0.359 e. The van der Waals surface area contributed by atoms with Gasteiger partial charge in [-0.2, -0.15) is 10.1 Å². The normalized spacial score (nSPS) is 19.0. The zero-order valence-corrected chi connectivity index (χ0v) is 19.7. The molecule has 3 aliphatic rings.